The molecule has 0 bridgehead atoms. The van der Waals surface area contributed by atoms with Crippen LogP contribution >= 0.6 is 0 Å². The zero-order valence-corrected chi connectivity index (χ0v) is 19.7. The third-order valence-corrected chi connectivity index (χ3v) is 6.57. The molecule has 2 aromatic carbocycles. The molecule has 5 rings (SSSR count). The van der Waals surface area contributed by atoms with E-state index in [0.717, 1.165) is 48.1 Å². The Kier molecular flexibility index (Phi) is 5.75. The van der Waals surface area contributed by atoms with Crippen molar-refractivity contribution in [3.8, 4) is 22.8 Å². The Balaban J connectivity index is 1.37. The van der Waals surface area contributed by atoms with Gasteiger partial charge in [-0.15, -0.1) is 0 Å². The molecule has 34 heavy (non-hydrogen) atoms. The van der Waals surface area contributed by atoms with Crippen molar-refractivity contribution >= 4 is 22.8 Å². The van der Waals surface area contributed by atoms with E-state index in [-0.39, 0.29) is 5.91 Å². The van der Waals surface area contributed by atoms with Crippen LogP contribution in [0.2, 0.25) is 0 Å². The van der Waals surface area contributed by atoms with E-state index in [1.165, 1.54) is 0 Å². The summed E-state index contributed by atoms with van der Waals surface area (Å²) in [6, 6.07) is 14.1. The summed E-state index contributed by atoms with van der Waals surface area (Å²) in [6.45, 7) is 3.61. The number of hydrogen-bond acceptors (Lipinski definition) is 6. The number of H-pyrrole nitrogens is 1. The number of carbonyl (C=O) groups is 1. The molecule has 0 unspecified atom stereocenters. The van der Waals surface area contributed by atoms with Gasteiger partial charge in [-0.25, -0.2) is 15.0 Å². The van der Waals surface area contributed by atoms with Gasteiger partial charge in [0.1, 0.15) is 5.69 Å². The van der Waals surface area contributed by atoms with Gasteiger partial charge in [-0.2, -0.15) is 0 Å². The predicted octanol–water partition coefficient (Wildman–Crippen LogP) is 3.74. The quantitative estimate of drug-likeness (QED) is 0.486. The van der Waals surface area contributed by atoms with E-state index in [0.29, 0.717) is 34.6 Å². The van der Waals surface area contributed by atoms with E-state index in [1.807, 2.05) is 54.3 Å². The van der Waals surface area contributed by atoms with E-state index >= 15 is 0 Å². The maximum atomic E-state index is 13.0. The molecule has 1 amide bonds. The smallest absolute Gasteiger partial charge is 0.253 e. The van der Waals surface area contributed by atoms with Crippen LogP contribution in [0.15, 0.2) is 48.7 Å². The van der Waals surface area contributed by atoms with Crippen molar-refractivity contribution in [1.29, 1.82) is 0 Å². The molecular weight excluding hydrogens is 426 g/mol. The Bertz CT molecular complexity index is 1340. The number of hydrogen-bond donors (Lipinski definition) is 2. The number of piperidine rings is 1. The van der Waals surface area contributed by atoms with Crippen LogP contribution in [0.4, 0.5) is 5.82 Å². The Labute approximate surface area is 198 Å². The van der Waals surface area contributed by atoms with E-state index < -0.39 is 0 Å². The molecule has 0 atom stereocenters. The van der Waals surface area contributed by atoms with Gasteiger partial charge in [0.25, 0.3) is 5.91 Å². The Hall–Kier alpha value is -3.78. The Morgan fingerprint density at radius 2 is 1.82 bits per heavy atom. The molecule has 1 fully saturated rings. The van der Waals surface area contributed by atoms with Gasteiger partial charge >= 0.3 is 0 Å². The third kappa shape index (κ3) is 4.24. The fraction of sp³-hybridized carbons (Fsp3) is 0.308. The standard InChI is InChI=1S/C26H29N7O/c1-16-4-9-20-21(14-16)31-25(30-20)23-24(27)28-15-22(29-23)17-5-7-18(8-6-17)26(34)33-12-10-19(11-13-33)32(2)3/h4-9,14-15,19H,10-13H2,1-3H3,(H2,27,28)(H,30,31). The first-order valence-corrected chi connectivity index (χ1v) is 11.5. The normalized spacial score (nSPS) is 14.8. The fourth-order valence-corrected chi connectivity index (χ4v) is 4.50. The SMILES string of the molecule is Cc1ccc2nc(-c3nc(-c4ccc(C(=O)N5CCC(N(C)C)CC5)cc4)cnc3N)[nH]c2c1. The predicted molar refractivity (Wildman–Crippen MR) is 134 cm³/mol. The van der Waals surface area contributed by atoms with Crippen molar-refractivity contribution in [2.45, 2.75) is 25.8 Å². The number of nitrogens with zero attached hydrogens (tertiary/aromatic N) is 5. The number of nitrogen functional groups attached to an aromatic ring is 1. The molecule has 3 N–H and O–H groups in total. The summed E-state index contributed by atoms with van der Waals surface area (Å²) < 4.78 is 0. The second kappa shape index (κ2) is 8.87. The first-order chi connectivity index (χ1) is 16.4. The average molecular weight is 456 g/mol. The summed E-state index contributed by atoms with van der Waals surface area (Å²) >= 11 is 0. The van der Waals surface area contributed by atoms with Gasteiger partial charge in [0.2, 0.25) is 0 Å². The number of likely N-dealkylation sites (tertiary alicyclic amines) is 1. The lowest BCUT2D eigenvalue weighted by Crippen LogP contribution is -2.44. The number of nitrogens with two attached hydrogens (primary N) is 1. The van der Waals surface area contributed by atoms with Crippen molar-refractivity contribution in [3.05, 3.63) is 59.8 Å². The minimum atomic E-state index is 0.0744. The van der Waals surface area contributed by atoms with Gasteiger partial charge in [-0.3, -0.25) is 4.79 Å². The van der Waals surface area contributed by atoms with Crippen LogP contribution in [0.3, 0.4) is 0 Å². The van der Waals surface area contributed by atoms with Crippen molar-refractivity contribution < 1.29 is 4.79 Å². The molecular formula is C26H29N7O. The highest BCUT2D eigenvalue weighted by molar-refractivity contribution is 5.94. The van der Waals surface area contributed by atoms with Crippen LogP contribution in [0.5, 0.6) is 0 Å². The molecule has 2 aromatic heterocycles. The number of imidazole rings is 1. The van der Waals surface area contributed by atoms with Crippen LogP contribution in [0.1, 0.15) is 28.8 Å². The van der Waals surface area contributed by atoms with Gasteiger partial charge in [0.15, 0.2) is 11.6 Å². The molecule has 1 saturated heterocycles. The van der Waals surface area contributed by atoms with Crippen molar-refractivity contribution in [1.82, 2.24) is 29.7 Å². The number of amides is 1. The maximum Gasteiger partial charge on any atom is 0.253 e. The zero-order valence-electron chi connectivity index (χ0n) is 19.7. The highest BCUT2D eigenvalue weighted by Gasteiger charge is 2.24. The number of aromatic nitrogens is 4. The first-order valence-electron chi connectivity index (χ1n) is 11.5. The molecule has 0 spiro atoms. The molecule has 0 aliphatic carbocycles. The first kappa shape index (κ1) is 22.0. The number of anilines is 1. The highest BCUT2D eigenvalue weighted by Crippen LogP contribution is 2.27. The highest BCUT2D eigenvalue weighted by atomic mass is 16.2. The minimum Gasteiger partial charge on any atom is -0.382 e. The lowest BCUT2D eigenvalue weighted by molar-refractivity contribution is 0.0663. The van der Waals surface area contributed by atoms with Gasteiger partial charge in [0.05, 0.1) is 22.9 Å². The molecule has 4 aromatic rings. The van der Waals surface area contributed by atoms with Gasteiger partial charge in [-0.05, 0) is 63.7 Å². The minimum absolute atomic E-state index is 0.0744. The largest absolute Gasteiger partial charge is 0.382 e. The number of aromatic amines is 1. The van der Waals surface area contributed by atoms with Crippen LogP contribution in [0, 0.1) is 6.92 Å². The van der Waals surface area contributed by atoms with Crippen molar-refractivity contribution in [2.75, 3.05) is 32.9 Å². The molecule has 8 heteroatoms. The molecule has 1 aliphatic rings. The Morgan fingerprint density at radius 1 is 1.09 bits per heavy atom. The number of nitrogens with one attached hydrogen (secondary N) is 1. The number of carbonyl (C=O) groups excluding carboxylic acids is 1. The lowest BCUT2D eigenvalue weighted by atomic mass is 10.0. The van der Waals surface area contributed by atoms with Gasteiger partial charge in [-0.1, -0.05) is 18.2 Å². The summed E-state index contributed by atoms with van der Waals surface area (Å²) in [4.78, 5) is 34.2. The zero-order chi connectivity index (χ0) is 23.8. The van der Waals surface area contributed by atoms with Crippen molar-refractivity contribution in [2.24, 2.45) is 0 Å². The van der Waals surface area contributed by atoms with E-state index in [1.54, 1.807) is 6.20 Å². The Morgan fingerprint density at radius 3 is 2.53 bits per heavy atom. The summed E-state index contributed by atoms with van der Waals surface area (Å²) in [5.74, 6) is 0.971. The lowest BCUT2D eigenvalue weighted by Gasteiger charge is -2.35. The van der Waals surface area contributed by atoms with Gasteiger partial charge < -0.3 is 20.5 Å². The van der Waals surface area contributed by atoms with E-state index in [2.05, 4.69) is 33.9 Å². The summed E-state index contributed by atoms with van der Waals surface area (Å²) in [5, 5.41) is 0. The monoisotopic (exact) mass is 455 g/mol. The second-order valence-corrected chi connectivity index (χ2v) is 9.16. The summed E-state index contributed by atoms with van der Waals surface area (Å²) in [5.41, 5.74) is 11.8. The maximum absolute atomic E-state index is 13.0. The number of fused-ring (bicyclic) bond motifs is 1. The number of aryl methyl sites for hydroxylation is 1. The number of rotatable bonds is 4. The fourth-order valence-electron chi connectivity index (χ4n) is 4.50. The molecule has 0 saturated carbocycles. The third-order valence-electron chi connectivity index (χ3n) is 6.57. The molecule has 0 radical (unpaired) electrons. The van der Waals surface area contributed by atoms with Gasteiger partial charge in [0, 0.05) is 30.3 Å². The van der Waals surface area contributed by atoms with Crippen molar-refractivity contribution in [3.63, 3.8) is 0 Å². The molecule has 3 heterocycles. The van der Waals surface area contributed by atoms with Crippen LogP contribution in [-0.4, -0.2) is 68.9 Å². The summed E-state index contributed by atoms with van der Waals surface area (Å²) in [7, 11) is 4.20. The second-order valence-electron chi connectivity index (χ2n) is 9.16. The van der Waals surface area contributed by atoms with Crippen LogP contribution in [0.25, 0.3) is 33.8 Å². The number of benzene rings is 2. The topological polar surface area (TPSA) is 104 Å². The molecule has 174 valence electrons. The van der Waals surface area contributed by atoms with Crippen LogP contribution in [-0.2, 0) is 0 Å². The molecule has 8 nitrogen and oxygen atoms in total. The van der Waals surface area contributed by atoms with E-state index in [9.17, 15) is 4.79 Å². The summed E-state index contributed by atoms with van der Waals surface area (Å²) in [6.07, 6.45) is 3.65. The molecule has 1 aliphatic heterocycles. The van der Waals surface area contributed by atoms with E-state index in [4.69, 9.17) is 10.7 Å². The van der Waals surface area contributed by atoms with Crippen LogP contribution < -0.4 is 5.73 Å². The average Bonchev–Trinajstić information content (AvgIpc) is 3.27.